The van der Waals surface area contributed by atoms with Gasteiger partial charge >= 0.3 is 0 Å². The van der Waals surface area contributed by atoms with Crippen LogP contribution in [0, 0.1) is 6.92 Å². The number of likely N-dealkylation sites (tertiary alicyclic amines) is 1. The third-order valence-corrected chi connectivity index (χ3v) is 6.60. The first-order valence-corrected chi connectivity index (χ1v) is 10.7. The lowest BCUT2D eigenvalue weighted by Crippen LogP contribution is -2.51. The fraction of sp³-hybridized carbons (Fsp3) is 0.240. The third-order valence-electron chi connectivity index (χ3n) is 6.60. The molecule has 1 fully saturated rings. The lowest BCUT2D eigenvalue weighted by Gasteiger charge is -2.46. The Balaban J connectivity index is 1.27. The Labute approximate surface area is 180 Å². The number of pyridine rings is 2. The van der Waals surface area contributed by atoms with E-state index in [1.807, 2.05) is 23.1 Å². The monoisotopic (exact) mass is 409 g/mol. The van der Waals surface area contributed by atoms with E-state index in [9.17, 15) is 4.79 Å². The fourth-order valence-corrected chi connectivity index (χ4v) is 4.97. The van der Waals surface area contributed by atoms with Gasteiger partial charge in [0.1, 0.15) is 5.69 Å². The van der Waals surface area contributed by atoms with Gasteiger partial charge in [-0.2, -0.15) is 0 Å². The number of hydrogen-bond donors (Lipinski definition) is 1. The third kappa shape index (κ3) is 2.82. The molecule has 5 heterocycles. The first-order chi connectivity index (χ1) is 15.1. The number of rotatable bonds is 1. The molecule has 6 rings (SSSR count). The Morgan fingerprint density at radius 2 is 1.90 bits per heavy atom. The largest absolute Gasteiger partial charge is 0.372 e. The van der Waals surface area contributed by atoms with Crippen LogP contribution in [0.15, 0.2) is 67.0 Å². The average Bonchev–Trinajstić information content (AvgIpc) is 3.30. The van der Waals surface area contributed by atoms with Crippen LogP contribution in [0.2, 0.25) is 0 Å². The van der Waals surface area contributed by atoms with Gasteiger partial charge in [-0.1, -0.05) is 6.07 Å². The van der Waals surface area contributed by atoms with Gasteiger partial charge in [0.05, 0.1) is 27.9 Å². The van der Waals surface area contributed by atoms with Crippen LogP contribution >= 0.6 is 0 Å². The van der Waals surface area contributed by atoms with Gasteiger partial charge in [0.15, 0.2) is 0 Å². The van der Waals surface area contributed by atoms with E-state index in [4.69, 9.17) is 0 Å². The number of anilines is 1. The van der Waals surface area contributed by atoms with Gasteiger partial charge in [-0.25, -0.2) is 4.98 Å². The predicted molar refractivity (Wildman–Crippen MR) is 120 cm³/mol. The molecule has 1 aromatic carbocycles. The summed E-state index contributed by atoms with van der Waals surface area (Å²) in [4.78, 5) is 23.9. The van der Waals surface area contributed by atoms with Crippen molar-refractivity contribution in [3.05, 3.63) is 83.9 Å². The second-order valence-corrected chi connectivity index (χ2v) is 8.52. The number of carbonyl (C=O) groups excluding carboxylic acids is 1. The SMILES string of the molecule is Cc1ccc2c(c1)NC1(CCN(C(=O)c3ccc4ncccc4n3)CC1)c1cccn1-2. The second-order valence-electron chi connectivity index (χ2n) is 8.52. The van der Waals surface area contributed by atoms with Crippen LogP contribution in [-0.4, -0.2) is 38.4 Å². The minimum atomic E-state index is -0.165. The molecule has 0 saturated carbocycles. The highest BCUT2D eigenvalue weighted by Gasteiger charge is 2.42. The maximum atomic E-state index is 13.2. The molecule has 3 aromatic heterocycles. The molecular weight excluding hydrogens is 386 g/mol. The normalized spacial score (nSPS) is 16.6. The van der Waals surface area contributed by atoms with Crippen LogP contribution in [0.25, 0.3) is 16.7 Å². The molecule has 154 valence electrons. The maximum absolute atomic E-state index is 13.2. The molecule has 0 radical (unpaired) electrons. The van der Waals surface area contributed by atoms with E-state index in [0.29, 0.717) is 18.8 Å². The molecule has 0 aliphatic carbocycles. The summed E-state index contributed by atoms with van der Waals surface area (Å²) in [6.07, 6.45) is 5.58. The zero-order chi connectivity index (χ0) is 21.0. The van der Waals surface area contributed by atoms with Crippen LogP contribution in [0.4, 0.5) is 5.69 Å². The van der Waals surface area contributed by atoms with Crippen LogP contribution in [0.5, 0.6) is 0 Å². The van der Waals surface area contributed by atoms with Crippen molar-refractivity contribution in [2.24, 2.45) is 0 Å². The van der Waals surface area contributed by atoms with Crippen molar-refractivity contribution in [2.45, 2.75) is 25.3 Å². The van der Waals surface area contributed by atoms with Gasteiger partial charge in [-0.05, 0) is 73.9 Å². The maximum Gasteiger partial charge on any atom is 0.272 e. The number of amides is 1. The van der Waals surface area contributed by atoms with E-state index < -0.39 is 0 Å². The molecule has 1 amide bonds. The minimum Gasteiger partial charge on any atom is -0.372 e. The Morgan fingerprint density at radius 1 is 1.03 bits per heavy atom. The van der Waals surface area contributed by atoms with E-state index in [-0.39, 0.29) is 11.4 Å². The van der Waals surface area contributed by atoms with Crippen molar-refractivity contribution in [3.8, 4) is 5.69 Å². The molecule has 31 heavy (non-hydrogen) atoms. The van der Waals surface area contributed by atoms with E-state index in [1.54, 1.807) is 12.3 Å². The molecule has 0 bridgehead atoms. The van der Waals surface area contributed by atoms with Crippen LogP contribution in [0.3, 0.4) is 0 Å². The van der Waals surface area contributed by atoms with Crippen molar-refractivity contribution >= 4 is 22.6 Å². The van der Waals surface area contributed by atoms with Gasteiger partial charge < -0.3 is 14.8 Å². The quantitative estimate of drug-likeness (QED) is 0.510. The molecule has 2 aliphatic rings. The molecule has 6 heteroatoms. The highest BCUT2D eigenvalue weighted by molar-refractivity contribution is 5.94. The number of hydrogen-bond acceptors (Lipinski definition) is 4. The molecule has 0 unspecified atom stereocenters. The van der Waals surface area contributed by atoms with Gasteiger partial charge in [-0.3, -0.25) is 9.78 Å². The summed E-state index contributed by atoms with van der Waals surface area (Å²) in [6.45, 7) is 3.49. The average molecular weight is 409 g/mol. The topological polar surface area (TPSA) is 63.1 Å². The molecule has 1 N–H and O–H groups in total. The first kappa shape index (κ1) is 18.1. The molecule has 1 saturated heterocycles. The van der Waals surface area contributed by atoms with E-state index >= 15 is 0 Å². The summed E-state index contributed by atoms with van der Waals surface area (Å²) in [5.74, 6) is -0.0111. The number of carbonyl (C=O) groups is 1. The van der Waals surface area contributed by atoms with Crippen molar-refractivity contribution in [1.29, 1.82) is 0 Å². The second kappa shape index (κ2) is 6.67. The number of aryl methyl sites for hydroxylation is 1. The van der Waals surface area contributed by atoms with Crippen molar-refractivity contribution in [1.82, 2.24) is 19.4 Å². The van der Waals surface area contributed by atoms with Gasteiger partial charge in [-0.15, -0.1) is 0 Å². The molecule has 1 spiro atoms. The number of nitrogens with one attached hydrogen (secondary N) is 1. The number of aromatic nitrogens is 3. The highest BCUT2D eigenvalue weighted by atomic mass is 16.2. The number of benzene rings is 1. The van der Waals surface area contributed by atoms with E-state index in [2.05, 4.69) is 63.3 Å². The lowest BCUT2D eigenvalue weighted by atomic mass is 9.82. The minimum absolute atomic E-state index is 0.0111. The molecule has 4 aromatic rings. The summed E-state index contributed by atoms with van der Waals surface area (Å²) in [7, 11) is 0. The van der Waals surface area contributed by atoms with Crippen LogP contribution in [0.1, 0.15) is 34.6 Å². The van der Waals surface area contributed by atoms with Gasteiger partial charge in [0.25, 0.3) is 5.91 Å². The highest BCUT2D eigenvalue weighted by Crippen LogP contribution is 2.43. The Morgan fingerprint density at radius 3 is 2.77 bits per heavy atom. The Bertz CT molecular complexity index is 1320. The standard InChI is InChI=1S/C25H23N5O/c1-17-6-9-22-21(16-17)28-25(23-5-3-13-30(22)23)10-14-29(15-11-25)24(31)20-8-7-18-19(27-20)4-2-12-26-18/h2-9,12-13,16,28H,10-11,14-15H2,1H3. The van der Waals surface area contributed by atoms with E-state index in [0.717, 1.165) is 29.6 Å². The van der Waals surface area contributed by atoms with E-state index in [1.165, 1.54) is 16.9 Å². The zero-order valence-electron chi connectivity index (χ0n) is 17.4. The fourth-order valence-electron chi connectivity index (χ4n) is 4.97. The smallest absolute Gasteiger partial charge is 0.272 e. The molecule has 6 nitrogen and oxygen atoms in total. The number of nitrogens with zero attached hydrogens (tertiary/aromatic N) is 4. The summed E-state index contributed by atoms with van der Waals surface area (Å²) >= 11 is 0. The Kier molecular flexibility index (Phi) is 3.90. The summed E-state index contributed by atoms with van der Waals surface area (Å²) < 4.78 is 2.29. The van der Waals surface area contributed by atoms with Crippen LogP contribution in [-0.2, 0) is 5.54 Å². The predicted octanol–water partition coefficient (Wildman–Crippen LogP) is 4.29. The van der Waals surface area contributed by atoms with Crippen molar-refractivity contribution in [2.75, 3.05) is 18.4 Å². The van der Waals surface area contributed by atoms with Gasteiger partial charge in [0, 0.05) is 31.2 Å². The van der Waals surface area contributed by atoms with Crippen molar-refractivity contribution in [3.63, 3.8) is 0 Å². The molecule has 0 atom stereocenters. The van der Waals surface area contributed by atoms with Crippen LogP contribution < -0.4 is 5.32 Å². The summed E-state index contributed by atoms with van der Waals surface area (Å²) in [5, 5.41) is 3.84. The number of fused-ring (bicyclic) bond motifs is 5. The Hall–Kier alpha value is -3.67. The molecular formula is C25H23N5O. The van der Waals surface area contributed by atoms with Crippen molar-refractivity contribution < 1.29 is 4.79 Å². The lowest BCUT2D eigenvalue weighted by molar-refractivity contribution is 0.0671. The van der Waals surface area contributed by atoms with Gasteiger partial charge in [0.2, 0.25) is 0 Å². The number of piperidine rings is 1. The summed E-state index contributed by atoms with van der Waals surface area (Å²) in [6, 6.07) is 18.2. The summed E-state index contributed by atoms with van der Waals surface area (Å²) in [5.41, 5.74) is 6.72. The zero-order valence-corrected chi connectivity index (χ0v) is 17.4. The first-order valence-electron chi connectivity index (χ1n) is 10.7. The molecule has 2 aliphatic heterocycles.